The van der Waals surface area contributed by atoms with Gasteiger partial charge < -0.3 is 10.1 Å². The Labute approximate surface area is 203 Å². The molecule has 1 aromatic heterocycles. The molecule has 0 saturated heterocycles. The number of hydrogen-bond acceptors (Lipinski definition) is 5. The van der Waals surface area contributed by atoms with Gasteiger partial charge >= 0.3 is 0 Å². The smallest absolute Gasteiger partial charge is 0.234 e. The second-order valence-electron chi connectivity index (χ2n) is 7.07. The fourth-order valence-corrected chi connectivity index (χ4v) is 4.11. The fraction of sp³-hybridized carbons (Fsp3) is 0.125. The summed E-state index contributed by atoms with van der Waals surface area (Å²) in [4.78, 5) is 12.5. The molecule has 168 valence electrons. The van der Waals surface area contributed by atoms with Crippen molar-refractivity contribution in [3.63, 3.8) is 0 Å². The van der Waals surface area contributed by atoms with E-state index in [1.807, 2.05) is 66.1 Å². The number of benzene rings is 3. The van der Waals surface area contributed by atoms with E-state index in [2.05, 4.69) is 31.4 Å². The van der Waals surface area contributed by atoms with Gasteiger partial charge in [0, 0.05) is 15.8 Å². The minimum absolute atomic E-state index is 0.151. The van der Waals surface area contributed by atoms with Gasteiger partial charge in [0.05, 0.1) is 5.75 Å². The average Bonchev–Trinajstić information content (AvgIpc) is 3.25. The van der Waals surface area contributed by atoms with E-state index in [1.54, 1.807) is 12.1 Å². The van der Waals surface area contributed by atoms with Crippen LogP contribution < -0.4 is 10.1 Å². The number of ether oxygens (including phenoxy) is 1. The van der Waals surface area contributed by atoms with Crippen LogP contribution in [0.1, 0.15) is 18.9 Å². The second kappa shape index (κ2) is 10.6. The summed E-state index contributed by atoms with van der Waals surface area (Å²) in [6.45, 7) is 1.85. The largest absolute Gasteiger partial charge is 0.483 e. The number of aromatic nitrogens is 3. The zero-order chi connectivity index (χ0) is 23.2. The van der Waals surface area contributed by atoms with Crippen LogP contribution in [0.15, 0.2) is 88.5 Å². The molecule has 6 nitrogen and oxygen atoms in total. The number of hydrogen-bond donors (Lipinski definition) is 1. The maximum absolute atomic E-state index is 13.2. The monoisotopic (exact) mass is 526 g/mol. The molecule has 0 spiro atoms. The highest BCUT2D eigenvalue weighted by atomic mass is 79.9. The van der Waals surface area contributed by atoms with Gasteiger partial charge in [0.1, 0.15) is 11.6 Å². The van der Waals surface area contributed by atoms with Crippen molar-refractivity contribution in [3.8, 4) is 11.4 Å². The van der Waals surface area contributed by atoms with E-state index < -0.39 is 6.10 Å². The van der Waals surface area contributed by atoms with E-state index in [0.29, 0.717) is 16.7 Å². The van der Waals surface area contributed by atoms with Crippen LogP contribution in [0.3, 0.4) is 0 Å². The highest BCUT2D eigenvalue weighted by molar-refractivity contribution is 9.10. The lowest BCUT2D eigenvalue weighted by Gasteiger charge is -2.16. The van der Waals surface area contributed by atoms with E-state index in [1.165, 1.54) is 23.9 Å². The molecule has 1 amide bonds. The van der Waals surface area contributed by atoms with Crippen LogP contribution in [0.5, 0.6) is 5.75 Å². The Morgan fingerprint density at radius 3 is 2.45 bits per heavy atom. The Bertz CT molecular complexity index is 1220. The molecule has 4 rings (SSSR count). The van der Waals surface area contributed by atoms with Crippen molar-refractivity contribution >= 4 is 39.3 Å². The molecule has 4 aromatic rings. The van der Waals surface area contributed by atoms with E-state index in [0.717, 1.165) is 15.8 Å². The summed E-state index contributed by atoms with van der Waals surface area (Å²) in [7, 11) is 0. The van der Waals surface area contributed by atoms with Gasteiger partial charge in [-0.3, -0.25) is 9.36 Å². The van der Waals surface area contributed by atoms with Crippen molar-refractivity contribution in [2.75, 3.05) is 11.1 Å². The molecule has 0 aliphatic heterocycles. The van der Waals surface area contributed by atoms with Crippen molar-refractivity contribution in [2.24, 2.45) is 0 Å². The number of thioether (sulfide) groups is 1. The standard InChI is InChI=1S/C24H20BrFN4O2S/c1-16(32-21-13-9-18(26)10-14-21)23-28-29-24(30(23)20-5-3-2-4-6-20)33-15-22(31)27-19-11-7-17(25)8-12-19/h2-14,16H,15H2,1H3,(H,27,31). The Morgan fingerprint density at radius 2 is 1.76 bits per heavy atom. The minimum Gasteiger partial charge on any atom is -0.483 e. The van der Waals surface area contributed by atoms with Crippen molar-refractivity contribution in [1.29, 1.82) is 0 Å². The molecule has 1 N–H and O–H groups in total. The van der Waals surface area contributed by atoms with Crippen LogP contribution in [0.2, 0.25) is 0 Å². The van der Waals surface area contributed by atoms with Gasteiger partial charge in [-0.05, 0) is 67.6 Å². The molecule has 0 bridgehead atoms. The van der Waals surface area contributed by atoms with Gasteiger partial charge in [0.2, 0.25) is 5.91 Å². The molecular weight excluding hydrogens is 507 g/mol. The molecule has 0 fully saturated rings. The van der Waals surface area contributed by atoms with Crippen LogP contribution in [0.25, 0.3) is 5.69 Å². The number of nitrogens with one attached hydrogen (secondary N) is 1. The van der Waals surface area contributed by atoms with E-state index >= 15 is 0 Å². The Kier molecular flexibility index (Phi) is 7.41. The SMILES string of the molecule is CC(Oc1ccc(F)cc1)c1nnc(SCC(=O)Nc2ccc(Br)cc2)n1-c1ccccc1. The minimum atomic E-state index is -0.464. The van der Waals surface area contributed by atoms with Gasteiger partial charge in [-0.1, -0.05) is 45.9 Å². The molecule has 0 aliphatic carbocycles. The zero-order valence-corrected chi connectivity index (χ0v) is 20.0. The number of halogens is 2. The van der Waals surface area contributed by atoms with E-state index in [9.17, 15) is 9.18 Å². The summed E-state index contributed by atoms with van der Waals surface area (Å²) in [6, 6.07) is 22.8. The summed E-state index contributed by atoms with van der Waals surface area (Å²) < 4.78 is 22.0. The molecule has 1 atom stereocenters. The van der Waals surface area contributed by atoms with Crippen LogP contribution in [0, 0.1) is 5.82 Å². The molecule has 1 heterocycles. The molecule has 1 unspecified atom stereocenters. The summed E-state index contributed by atoms with van der Waals surface area (Å²) in [5.41, 5.74) is 1.57. The van der Waals surface area contributed by atoms with Gasteiger partial charge in [-0.15, -0.1) is 10.2 Å². The summed E-state index contributed by atoms with van der Waals surface area (Å²) in [5, 5.41) is 12.1. The van der Waals surface area contributed by atoms with E-state index in [-0.39, 0.29) is 17.5 Å². The highest BCUT2D eigenvalue weighted by Crippen LogP contribution is 2.28. The van der Waals surface area contributed by atoms with Crippen molar-refractivity contribution in [2.45, 2.75) is 18.2 Å². The first-order valence-corrected chi connectivity index (χ1v) is 11.9. The normalized spacial score (nSPS) is 11.7. The van der Waals surface area contributed by atoms with Gasteiger partial charge in [0.15, 0.2) is 17.1 Å². The summed E-state index contributed by atoms with van der Waals surface area (Å²) >= 11 is 4.66. The number of anilines is 1. The molecule has 0 radical (unpaired) electrons. The van der Waals surface area contributed by atoms with Crippen LogP contribution in [0.4, 0.5) is 10.1 Å². The van der Waals surface area contributed by atoms with Gasteiger partial charge in [-0.2, -0.15) is 0 Å². The topological polar surface area (TPSA) is 69.0 Å². The second-order valence-corrected chi connectivity index (χ2v) is 8.93. The van der Waals surface area contributed by atoms with Crippen LogP contribution >= 0.6 is 27.7 Å². The first kappa shape index (κ1) is 23.0. The lowest BCUT2D eigenvalue weighted by Crippen LogP contribution is -2.15. The first-order valence-electron chi connectivity index (χ1n) is 10.1. The predicted octanol–water partition coefficient (Wildman–Crippen LogP) is 6.04. The third-order valence-electron chi connectivity index (χ3n) is 4.62. The third-order valence-corrected chi connectivity index (χ3v) is 6.08. The van der Waals surface area contributed by atoms with Crippen LogP contribution in [-0.4, -0.2) is 26.4 Å². The molecule has 33 heavy (non-hydrogen) atoms. The summed E-state index contributed by atoms with van der Waals surface area (Å²) in [6.07, 6.45) is -0.464. The highest BCUT2D eigenvalue weighted by Gasteiger charge is 2.21. The average molecular weight is 527 g/mol. The number of rotatable bonds is 8. The molecule has 3 aromatic carbocycles. The number of amides is 1. The molecular formula is C24H20BrFN4O2S. The lowest BCUT2D eigenvalue weighted by molar-refractivity contribution is -0.113. The lowest BCUT2D eigenvalue weighted by atomic mass is 10.3. The molecule has 9 heteroatoms. The maximum atomic E-state index is 13.2. The first-order chi connectivity index (χ1) is 16.0. The number of carbonyl (C=O) groups is 1. The zero-order valence-electron chi connectivity index (χ0n) is 17.6. The number of nitrogens with zero attached hydrogens (tertiary/aromatic N) is 3. The Hall–Kier alpha value is -3.17. The van der Waals surface area contributed by atoms with Crippen molar-refractivity contribution in [1.82, 2.24) is 14.8 Å². The maximum Gasteiger partial charge on any atom is 0.234 e. The van der Waals surface area contributed by atoms with Crippen molar-refractivity contribution < 1.29 is 13.9 Å². The van der Waals surface area contributed by atoms with Gasteiger partial charge in [0.25, 0.3) is 0 Å². The predicted molar refractivity (Wildman–Crippen MR) is 130 cm³/mol. The van der Waals surface area contributed by atoms with Crippen molar-refractivity contribution in [3.05, 3.63) is 95.0 Å². The quantitative estimate of drug-likeness (QED) is 0.283. The number of carbonyl (C=O) groups excluding carboxylic acids is 1. The fourth-order valence-electron chi connectivity index (χ4n) is 3.09. The Morgan fingerprint density at radius 1 is 1.06 bits per heavy atom. The van der Waals surface area contributed by atoms with E-state index in [4.69, 9.17) is 4.74 Å². The molecule has 0 saturated carbocycles. The number of para-hydroxylation sites is 1. The molecule has 0 aliphatic rings. The van der Waals surface area contributed by atoms with Gasteiger partial charge in [-0.25, -0.2) is 4.39 Å². The summed E-state index contributed by atoms with van der Waals surface area (Å²) in [5.74, 6) is 0.773. The van der Waals surface area contributed by atoms with Crippen LogP contribution in [-0.2, 0) is 4.79 Å². The third kappa shape index (κ3) is 6.00. The Balaban J connectivity index is 1.52.